The second-order valence-corrected chi connectivity index (χ2v) is 8.96. The molecule has 0 radical (unpaired) electrons. The van der Waals surface area contributed by atoms with Crippen LogP contribution in [0.25, 0.3) is 4.96 Å². The Bertz CT molecular complexity index is 1090. The number of amides is 1. The van der Waals surface area contributed by atoms with Crippen LogP contribution in [0.5, 0.6) is 0 Å². The number of nitrogens with two attached hydrogens (primary N) is 1. The summed E-state index contributed by atoms with van der Waals surface area (Å²) in [6.45, 7) is 1.35. The van der Waals surface area contributed by atoms with Crippen molar-refractivity contribution in [3.05, 3.63) is 70.4 Å². The van der Waals surface area contributed by atoms with Gasteiger partial charge in [-0.2, -0.15) is 0 Å². The van der Waals surface area contributed by atoms with Crippen LogP contribution >= 0.6 is 22.7 Å². The molecule has 142 valence electrons. The van der Waals surface area contributed by atoms with Gasteiger partial charge < -0.3 is 10.6 Å². The van der Waals surface area contributed by atoms with E-state index >= 15 is 0 Å². The third-order valence-electron chi connectivity index (χ3n) is 5.55. The number of hydrogen-bond donors (Lipinski definition) is 1. The lowest BCUT2D eigenvalue weighted by atomic mass is 9.70. The molecule has 3 aromatic heterocycles. The third kappa shape index (κ3) is 2.80. The Morgan fingerprint density at radius 2 is 1.96 bits per heavy atom. The second kappa shape index (κ2) is 6.72. The van der Waals surface area contributed by atoms with E-state index in [1.54, 1.807) is 17.5 Å². The highest BCUT2D eigenvalue weighted by Crippen LogP contribution is 2.42. The minimum Gasteiger partial charge on any atom is -0.375 e. The number of anilines is 1. The number of hydrogen-bond acceptors (Lipinski definition) is 6. The van der Waals surface area contributed by atoms with Crippen molar-refractivity contribution in [1.82, 2.24) is 19.3 Å². The Morgan fingerprint density at radius 3 is 2.64 bits per heavy atom. The zero-order valence-corrected chi connectivity index (χ0v) is 16.7. The smallest absolute Gasteiger partial charge is 0.265 e. The van der Waals surface area contributed by atoms with Gasteiger partial charge in [0.25, 0.3) is 5.91 Å². The van der Waals surface area contributed by atoms with Crippen molar-refractivity contribution in [1.29, 1.82) is 0 Å². The van der Waals surface area contributed by atoms with Crippen molar-refractivity contribution in [3.8, 4) is 0 Å². The maximum absolute atomic E-state index is 12.8. The van der Waals surface area contributed by atoms with Gasteiger partial charge in [0, 0.05) is 36.3 Å². The van der Waals surface area contributed by atoms with E-state index in [1.165, 1.54) is 16.9 Å². The number of imidazole rings is 1. The molecule has 8 heteroatoms. The van der Waals surface area contributed by atoms with Crippen LogP contribution in [-0.2, 0) is 5.41 Å². The minimum atomic E-state index is -0.184. The highest BCUT2D eigenvalue weighted by molar-refractivity contribution is 7.17. The summed E-state index contributed by atoms with van der Waals surface area (Å²) in [6, 6.07) is 10.5. The summed E-state index contributed by atoms with van der Waals surface area (Å²) in [4.78, 5) is 25.3. The average molecular weight is 410 g/mol. The Kier molecular flexibility index (Phi) is 4.17. The molecule has 0 spiro atoms. The SMILES string of the molecule is Nc1ncc(C(=O)N2CCC(c3ccccc3)(c3cn4ccsc4n3)CC2)s1. The van der Waals surface area contributed by atoms with E-state index in [-0.39, 0.29) is 11.3 Å². The van der Waals surface area contributed by atoms with Crippen molar-refractivity contribution in [2.45, 2.75) is 18.3 Å². The number of fused-ring (bicyclic) bond motifs is 1. The molecule has 1 aliphatic rings. The Morgan fingerprint density at radius 1 is 1.18 bits per heavy atom. The van der Waals surface area contributed by atoms with Crippen LogP contribution in [0.1, 0.15) is 33.8 Å². The fourth-order valence-corrected chi connectivity index (χ4v) is 5.39. The summed E-state index contributed by atoms with van der Waals surface area (Å²) in [7, 11) is 0. The van der Waals surface area contributed by atoms with E-state index in [0.717, 1.165) is 23.5 Å². The lowest BCUT2D eigenvalue weighted by Gasteiger charge is -2.41. The van der Waals surface area contributed by atoms with E-state index in [9.17, 15) is 4.79 Å². The summed E-state index contributed by atoms with van der Waals surface area (Å²) in [5, 5.41) is 2.47. The molecule has 1 aromatic carbocycles. The van der Waals surface area contributed by atoms with Crippen molar-refractivity contribution in [2.24, 2.45) is 0 Å². The molecule has 5 rings (SSSR count). The monoisotopic (exact) mass is 409 g/mol. The topological polar surface area (TPSA) is 76.5 Å². The predicted octanol–water partition coefficient (Wildman–Crippen LogP) is 3.66. The lowest BCUT2D eigenvalue weighted by Crippen LogP contribution is -2.45. The van der Waals surface area contributed by atoms with Gasteiger partial charge in [-0.15, -0.1) is 11.3 Å². The van der Waals surface area contributed by atoms with E-state index < -0.39 is 0 Å². The quantitative estimate of drug-likeness (QED) is 0.560. The molecule has 0 atom stereocenters. The minimum absolute atomic E-state index is 0.0154. The van der Waals surface area contributed by atoms with Crippen LogP contribution in [0.2, 0.25) is 0 Å². The molecule has 28 heavy (non-hydrogen) atoms. The van der Waals surface area contributed by atoms with E-state index in [2.05, 4.69) is 39.8 Å². The summed E-state index contributed by atoms with van der Waals surface area (Å²) < 4.78 is 2.09. The average Bonchev–Trinajstić information content (AvgIpc) is 3.44. The lowest BCUT2D eigenvalue weighted by molar-refractivity contribution is 0.0689. The highest BCUT2D eigenvalue weighted by atomic mass is 32.1. The largest absolute Gasteiger partial charge is 0.375 e. The molecule has 0 aliphatic carbocycles. The first-order chi connectivity index (χ1) is 13.7. The van der Waals surface area contributed by atoms with Gasteiger partial charge in [-0.25, -0.2) is 9.97 Å². The molecule has 0 unspecified atom stereocenters. The first-order valence-electron chi connectivity index (χ1n) is 9.14. The number of thiazole rings is 2. The molecule has 2 N–H and O–H groups in total. The normalized spacial score (nSPS) is 16.5. The molecule has 1 aliphatic heterocycles. The summed E-state index contributed by atoms with van der Waals surface area (Å²) >= 11 is 2.89. The zero-order chi connectivity index (χ0) is 19.1. The Hall–Kier alpha value is -2.71. The second-order valence-electron chi connectivity index (χ2n) is 7.02. The highest BCUT2D eigenvalue weighted by Gasteiger charge is 2.41. The van der Waals surface area contributed by atoms with Crippen LogP contribution < -0.4 is 5.73 Å². The van der Waals surface area contributed by atoms with Gasteiger partial charge in [0.2, 0.25) is 0 Å². The van der Waals surface area contributed by atoms with Crippen LogP contribution in [0, 0.1) is 0 Å². The van der Waals surface area contributed by atoms with Gasteiger partial charge in [0.05, 0.1) is 11.9 Å². The van der Waals surface area contributed by atoms with Crippen LogP contribution in [-0.4, -0.2) is 38.3 Å². The van der Waals surface area contributed by atoms with Gasteiger partial charge in [0.1, 0.15) is 4.88 Å². The maximum atomic E-state index is 12.8. The summed E-state index contributed by atoms with van der Waals surface area (Å²) in [5.41, 5.74) is 7.85. The molecular formula is C20H19N5OS2. The summed E-state index contributed by atoms with van der Waals surface area (Å²) in [5.74, 6) is 0.0154. The Labute approximate surface area is 170 Å². The number of nitrogen functional groups attached to an aromatic ring is 1. The molecular weight excluding hydrogens is 390 g/mol. The van der Waals surface area contributed by atoms with E-state index in [1.807, 2.05) is 22.5 Å². The zero-order valence-electron chi connectivity index (χ0n) is 15.1. The number of carbonyl (C=O) groups is 1. The molecule has 1 amide bonds. The standard InChI is InChI=1S/C20H19N5OS2/c21-18-22-12-15(28-18)17(26)24-8-6-20(7-9-24,14-4-2-1-3-5-14)16-13-25-10-11-27-19(25)23-16/h1-5,10-13H,6-9H2,(H2,21,22). The molecule has 4 heterocycles. The van der Waals surface area contributed by atoms with Crippen LogP contribution in [0.4, 0.5) is 5.13 Å². The predicted molar refractivity (Wildman–Crippen MR) is 112 cm³/mol. The van der Waals surface area contributed by atoms with E-state index in [4.69, 9.17) is 10.7 Å². The molecule has 4 aromatic rings. The molecule has 1 saturated heterocycles. The molecule has 0 saturated carbocycles. The van der Waals surface area contributed by atoms with Crippen molar-refractivity contribution >= 4 is 38.7 Å². The van der Waals surface area contributed by atoms with Gasteiger partial charge >= 0.3 is 0 Å². The van der Waals surface area contributed by atoms with Gasteiger partial charge in [-0.3, -0.25) is 9.20 Å². The number of aromatic nitrogens is 3. The van der Waals surface area contributed by atoms with Gasteiger partial charge in [-0.05, 0) is 18.4 Å². The first-order valence-corrected chi connectivity index (χ1v) is 10.8. The van der Waals surface area contributed by atoms with Gasteiger partial charge in [0.15, 0.2) is 10.1 Å². The number of carbonyl (C=O) groups excluding carboxylic acids is 1. The van der Waals surface area contributed by atoms with Gasteiger partial charge in [-0.1, -0.05) is 41.7 Å². The number of rotatable bonds is 3. The molecule has 0 bridgehead atoms. The number of nitrogens with zero attached hydrogens (tertiary/aromatic N) is 4. The summed E-state index contributed by atoms with van der Waals surface area (Å²) in [6.07, 6.45) is 7.43. The molecule has 6 nitrogen and oxygen atoms in total. The van der Waals surface area contributed by atoms with Crippen molar-refractivity contribution in [2.75, 3.05) is 18.8 Å². The van der Waals surface area contributed by atoms with Crippen LogP contribution in [0.3, 0.4) is 0 Å². The van der Waals surface area contributed by atoms with E-state index in [0.29, 0.717) is 23.1 Å². The number of benzene rings is 1. The van der Waals surface area contributed by atoms with Crippen molar-refractivity contribution < 1.29 is 4.79 Å². The fraction of sp³-hybridized carbons (Fsp3) is 0.250. The number of likely N-dealkylation sites (tertiary alicyclic amines) is 1. The van der Waals surface area contributed by atoms with Crippen molar-refractivity contribution in [3.63, 3.8) is 0 Å². The van der Waals surface area contributed by atoms with Crippen LogP contribution in [0.15, 0.2) is 54.3 Å². The fourth-order valence-electron chi connectivity index (χ4n) is 4.04. The number of piperidine rings is 1. The first kappa shape index (κ1) is 17.4. The third-order valence-corrected chi connectivity index (χ3v) is 7.13. The maximum Gasteiger partial charge on any atom is 0.265 e. The molecule has 1 fully saturated rings. The Balaban J connectivity index is 1.48.